The van der Waals surface area contributed by atoms with Crippen LogP contribution in [0.2, 0.25) is 0 Å². The van der Waals surface area contributed by atoms with Crippen molar-refractivity contribution in [2.24, 2.45) is 0 Å². The molecule has 102 valence electrons. The predicted molar refractivity (Wildman–Crippen MR) is 66.6 cm³/mol. The van der Waals surface area contributed by atoms with Gasteiger partial charge in [-0.3, -0.25) is 14.6 Å². The summed E-state index contributed by atoms with van der Waals surface area (Å²) in [5, 5.41) is 6.54. The van der Waals surface area contributed by atoms with E-state index in [2.05, 4.69) is 19.7 Å². The topological polar surface area (TPSA) is 101 Å². The molecule has 1 heterocycles. The van der Waals surface area contributed by atoms with Gasteiger partial charge >= 0.3 is 5.97 Å². The van der Waals surface area contributed by atoms with Crippen LogP contribution in [-0.2, 0) is 26.0 Å². The number of hydrogen-bond acceptors (Lipinski definition) is 5. The van der Waals surface area contributed by atoms with Crippen LogP contribution in [-0.4, -0.2) is 37.4 Å². The quantitative estimate of drug-likeness (QED) is 0.712. The van der Waals surface area contributed by atoms with E-state index in [0.29, 0.717) is 0 Å². The Balaban J connectivity index is 2.46. The Morgan fingerprint density at radius 1 is 1.56 bits per heavy atom. The number of aryl methyl sites for hydroxylation is 1. The standard InChI is InChI=1S/C10H17N3O4S/c1-3-8-7-9(12-11-8)13-18(15,16)6-4-5-10(14)17-2/h7H,3-6H2,1-2H3,(H2,11,12,13). The lowest BCUT2D eigenvalue weighted by molar-refractivity contribution is -0.140. The molecular weight excluding hydrogens is 258 g/mol. The third-order valence-electron chi connectivity index (χ3n) is 2.29. The zero-order valence-corrected chi connectivity index (χ0v) is 11.2. The van der Waals surface area contributed by atoms with Crippen molar-refractivity contribution in [2.45, 2.75) is 26.2 Å². The van der Waals surface area contributed by atoms with Gasteiger partial charge in [0.1, 0.15) is 0 Å². The molecule has 1 aromatic rings. The number of hydrogen-bond donors (Lipinski definition) is 2. The first-order chi connectivity index (χ1) is 8.46. The lowest BCUT2D eigenvalue weighted by Crippen LogP contribution is -2.17. The Bertz CT molecular complexity index is 495. The number of methoxy groups -OCH3 is 1. The zero-order chi connectivity index (χ0) is 13.6. The van der Waals surface area contributed by atoms with Crippen LogP contribution in [0.3, 0.4) is 0 Å². The summed E-state index contributed by atoms with van der Waals surface area (Å²) in [5.41, 5.74) is 0.849. The maximum absolute atomic E-state index is 11.7. The van der Waals surface area contributed by atoms with Crippen molar-refractivity contribution in [3.8, 4) is 0 Å². The van der Waals surface area contributed by atoms with Gasteiger partial charge < -0.3 is 4.74 Å². The molecule has 0 atom stereocenters. The lowest BCUT2D eigenvalue weighted by atomic mass is 10.3. The van der Waals surface area contributed by atoms with Gasteiger partial charge in [-0.15, -0.1) is 0 Å². The van der Waals surface area contributed by atoms with Crippen LogP contribution < -0.4 is 4.72 Å². The summed E-state index contributed by atoms with van der Waals surface area (Å²) in [6.07, 6.45) is 1.04. The van der Waals surface area contributed by atoms with Crippen LogP contribution in [0.1, 0.15) is 25.5 Å². The van der Waals surface area contributed by atoms with Gasteiger partial charge in [0.05, 0.1) is 12.9 Å². The van der Waals surface area contributed by atoms with Crippen molar-refractivity contribution in [3.05, 3.63) is 11.8 Å². The van der Waals surface area contributed by atoms with Crippen LogP contribution in [0.25, 0.3) is 0 Å². The molecule has 0 aliphatic heterocycles. The maximum atomic E-state index is 11.7. The molecule has 18 heavy (non-hydrogen) atoms. The molecule has 0 saturated heterocycles. The third-order valence-corrected chi connectivity index (χ3v) is 3.64. The van der Waals surface area contributed by atoms with E-state index in [1.54, 1.807) is 6.07 Å². The Kier molecular flexibility index (Phi) is 5.14. The van der Waals surface area contributed by atoms with Gasteiger partial charge in [0.15, 0.2) is 5.82 Å². The first kappa shape index (κ1) is 14.5. The molecule has 0 aromatic carbocycles. The summed E-state index contributed by atoms with van der Waals surface area (Å²) in [5.74, 6) is -0.292. The monoisotopic (exact) mass is 275 g/mol. The first-order valence-corrected chi connectivity index (χ1v) is 7.23. The number of aromatic amines is 1. The number of sulfonamides is 1. The molecule has 0 radical (unpaired) electrons. The average molecular weight is 275 g/mol. The Morgan fingerprint density at radius 2 is 2.28 bits per heavy atom. The van der Waals surface area contributed by atoms with Gasteiger partial charge in [0.25, 0.3) is 0 Å². The third kappa shape index (κ3) is 4.74. The lowest BCUT2D eigenvalue weighted by Gasteiger charge is -2.04. The molecule has 0 aliphatic carbocycles. The summed E-state index contributed by atoms with van der Waals surface area (Å²) in [6, 6.07) is 1.64. The minimum absolute atomic E-state index is 0.0815. The normalized spacial score (nSPS) is 11.2. The zero-order valence-electron chi connectivity index (χ0n) is 10.4. The number of H-pyrrole nitrogens is 1. The summed E-state index contributed by atoms with van der Waals surface area (Å²) in [7, 11) is -2.20. The fourth-order valence-corrected chi connectivity index (χ4v) is 2.36. The summed E-state index contributed by atoms with van der Waals surface area (Å²) < 4.78 is 30.1. The van der Waals surface area contributed by atoms with E-state index in [-0.39, 0.29) is 24.4 Å². The van der Waals surface area contributed by atoms with Crippen LogP contribution in [0.5, 0.6) is 0 Å². The van der Waals surface area contributed by atoms with Crippen molar-refractivity contribution in [2.75, 3.05) is 17.6 Å². The summed E-state index contributed by atoms with van der Waals surface area (Å²) in [6.45, 7) is 1.93. The van der Waals surface area contributed by atoms with Gasteiger partial charge in [-0.05, 0) is 12.8 Å². The molecule has 7 nitrogen and oxygen atoms in total. The van der Waals surface area contributed by atoms with Crippen LogP contribution in [0, 0.1) is 0 Å². The molecule has 0 bridgehead atoms. The van der Waals surface area contributed by atoms with Crippen molar-refractivity contribution in [1.29, 1.82) is 0 Å². The predicted octanol–water partition coefficient (Wildman–Crippen LogP) is 0.667. The highest BCUT2D eigenvalue weighted by atomic mass is 32.2. The van der Waals surface area contributed by atoms with Gasteiger partial charge in [-0.1, -0.05) is 6.92 Å². The maximum Gasteiger partial charge on any atom is 0.305 e. The highest BCUT2D eigenvalue weighted by molar-refractivity contribution is 7.92. The fourth-order valence-electron chi connectivity index (χ4n) is 1.31. The Hall–Kier alpha value is -1.57. The Labute approximate surface area is 106 Å². The highest BCUT2D eigenvalue weighted by Gasteiger charge is 2.13. The number of nitrogens with one attached hydrogen (secondary N) is 2. The molecule has 2 N–H and O–H groups in total. The number of rotatable bonds is 7. The van der Waals surface area contributed by atoms with E-state index in [4.69, 9.17) is 0 Å². The minimum atomic E-state index is -3.47. The van der Waals surface area contributed by atoms with Gasteiger partial charge in [-0.2, -0.15) is 5.10 Å². The molecule has 8 heteroatoms. The molecule has 0 amide bonds. The smallest absolute Gasteiger partial charge is 0.305 e. The van der Waals surface area contributed by atoms with Crippen molar-refractivity contribution in [1.82, 2.24) is 10.2 Å². The van der Waals surface area contributed by atoms with Gasteiger partial charge in [0, 0.05) is 18.2 Å². The largest absolute Gasteiger partial charge is 0.469 e. The van der Waals surface area contributed by atoms with Crippen LogP contribution in [0.15, 0.2) is 6.07 Å². The Morgan fingerprint density at radius 3 is 2.83 bits per heavy atom. The SMILES string of the molecule is CCc1cc(NS(=O)(=O)CCCC(=O)OC)n[nH]1. The minimum Gasteiger partial charge on any atom is -0.469 e. The van der Waals surface area contributed by atoms with Gasteiger partial charge in [0.2, 0.25) is 10.0 Å². The fraction of sp³-hybridized carbons (Fsp3) is 0.600. The number of nitrogens with zero attached hydrogens (tertiary/aromatic N) is 1. The molecule has 0 spiro atoms. The van der Waals surface area contributed by atoms with E-state index in [1.165, 1.54) is 7.11 Å². The van der Waals surface area contributed by atoms with Crippen LogP contribution >= 0.6 is 0 Å². The van der Waals surface area contributed by atoms with Gasteiger partial charge in [-0.25, -0.2) is 8.42 Å². The van der Waals surface area contributed by atoms with Crippen molar-refractivity contribution >= 4 is 21.8 Å². The van der Waals surface area contributed by atoms with E-state index in [1.807, 2.05) is 6.92 Å². The number of anilines is 1. The molecule has 0 unspecified atom stereocenters. The number of carbonyl (C=O) groups is 1. The summed E-state index contributed by atoms with van der Waals surface area (Å²) >= 11 is 0. The summed E-state index contributed by atoms with van der Waals surface area (Å²) in [4.78, 5) is 10.8. The first-order valence-electron chi connectivity index (χ1n) is 5.58. The number of carbonyl (C=O) groups excluding carboxylic acids is 1. The molecular formula is C10H17N3O4S. The van der Waals surface area contributed by atoms with E-state index < -0.39 is 16.0 Å². The van der Waals surface area contributed by atoms with Crippen molar-refractivity contribution in [3.63, 3.8) is 0 Å². The average Bonchev–Trinajstić information content (AvgIpc) is 2.75. The second-order valence-electron chi connectivity index (χ2n) is 3.73. The molecule has 0 aliphatic rings. The molecule has 1 rings (SSSR count). The molecule has 0 saturated carbocycles. The second kappa shape index (κ2) is 6.39. The van der Waals surface area contributed by atoms with E-state index in [9.17, 15) is 13.2 Å². The highest BCUT2D eigenvalue weighted by Crippen LogP contribution is 2.09. The second-order valence-corrected chi connectivity index (χ2v) is 5.57. The van der Waals surface area contributed by atoms with E-state index >= 15 is 0 Å². The molecule has 1 aromatic heterocycles. The van der Waals surface area contributed by atoms with Crippen molar-refractivity contribution < 1.29 is 17.9 Å². The van der Waals surface area contributed by atoms with E-state index in [0.717, 1.165) is 12.1 Å². The number of esters is 1. The number of aromatic nitrogens is 2. The number of ether oxygens (including phenoxy) is 1. The van der Waals surface area contributed by atoms with Crippen LogP contribution in [0.4, 0.5) is 5.82 Å². The molecule has 0 fully saturated rings.